The number of carbonyl (C=O) groups is 1. The molecule has 116 valence electrons. The number of carbonyl (C=O) groups excluding carboxylic acids is 1. The number of anilines is 1. The fourth-order valence-electron chi connectivity index (χ4n) is 2.01. The van der Waals surface area contributed by atoms with E-state index in [1.807, 2.05) is 0 Å². The summed E-state index contributed by atoms with van der Waals surface area (Å²) in [5.41, 5.74) is 1.06. The molecule has 2 rings (SSSR count). The summed E-state index contributed by atoms with van der Waals surface area (Å²) in [6.45, 7) is 2.06. The molecule has 0 saturated carbocycles. The Morgan fingerprint density at radius 3 is 2.41 bits per heavy atom. The van der Waals surface area contributed by atoms with E-state index in [1.54, 1.807) is 37.1 Å². The molecular formula is C17H18F2N2O. The van der Waals surface area contributed by atoms with Crippen LogP contribution in [0, 0.1) is 11.6 Å². The van der Waals surface area contributed by atoms with Crippen molar-refractivity contribution in [3.8, 4) is 0 Å². The third-order valence-corrected chi connectivity index (χ3v) is 3.53. The van der Waals surface area contributed by atoms with Crippen LogP contribution in [0.2, 0.25) is 0 Å². The molecule has 0 aliphatic rings. The number of halogens is 2. The number of amides is 1. The van der Waals surface area contributed by atoms with Gasteiger partial charge in [-0.05, 0) is 44.3 Å². The average molecular weight is 304 g/mol. The Morgan fingerprint density at radius 1 is 1.14 bits per heavy atom. The Kier molecular flexibility index (Phi) is 5.22. The van der Waals surface area contributed by atoms with Crippen LogP contribution in [0.25, 0.3) is 0 Å². The van der Waals surface area contributed by atoms with Gasteiger partial charge < -0.3 is 5.32 Å². The van der Waals surface area contributed by atoms with E-state index in [4.69, 9.17) is 0 Å². The summed E-state index contributed by atoms with van der Waals surface area (Å²) in [4.78, 5) is 13.9. The van der Waals surface area contributed by atoms with Gasteiger partial charge >= 0.3 is 0 Å². The summed E-state index contributed by atoms with van der Waals surface area (Å²) < 4.78 is 26.5. The SMILES string of the molecule is C[C@@H](C(=O)Nc1ccc(F)cc1)N(C)Cc1ccccc1F. The standard InChI is InChI=1S/C17H18F2N2O/c1-12(17(22)20-15-9-7-14(18)8-10-15)21(2)11-13-5-3-4-6-16(13)19/h3-10,12H,11H2,1-2H3,(H,20,22)/t12-/m0/s1. The molecule has 0 unspecified atom stereocenters. The van der Waals surface area contributed by atoms with Gasteiger partial charge in [-0.15, -0.1) is 0 Å². The van der Waals surface area contributed by atoms with Crippen molar-refractivity contribution in [1.82, 2.24) is 4.90 Å². The van der Waals surface area contributed by atoms with Gasteiger partial charge in [0.25, 0.3) is 0 Å². The van der Waals surface area contributed by atoms with Crippen molar-refractivity contribution in [2.75, 3.05) is 12.4 Å². The van der Waals surface area contributed by atoms with Crippen LogP contribution in [-0.4, -0.2) is 23.9 Å². The van der Waals surface area contributed by atoms with Gasteiger partial charge in [0.2, 0.25) is 5.91 Å². The van der Waals surface area contributed by atoms with E-state index >= 15 is 0 Å². The lowest BCUT2D eigenvalue weighted by Crippen LogP contribution is -2.39. The van der Waals surface area contributed by atoms with E-state index in [1.165, 1.54) is 30.3 Å². The molecule has 2 aromatic rings. The van der Waals surface area contributed by atoms with Gasteiger partial charge in [-0.25, -0.2) is 8.78 Å². The van der Waals surface area contributed by atoms with Crippen molar-refractivity contribution >= 4 is 11.6 Å². The van der Waals surface area contributed by atoms with Crippen LogP contribution in [0.15, 0.2) is 48.5 Å². The molecule has 1 atom stereocenters. The summed E-state index contributed by atoms with van der Waals surface area (Å²) in [5, 5.41) is 2.71. The molecule has 0 heterocycles. The van der Waals surface area contributed by atoms with E-state index in [0.717, 1.165) is 0 Å². The summed E-state index contributed by atoms with van der Waals surface area (Å²) in [5.74, 6) is -0.881. The zero-order valence-corrected chi connectivity index (χ0v) is 12.5. The first-order valence-corrected chi connectivity index (χ1v) is 6.97. The molecule has 0 aromatic heterocycles. The Labute approximate surface area is 128 Å². The number of benzene rings is 2. The van der Waals surface area contributed by atoms with Crippen molar-refractivity contribution in [2.45, 2.75) is 19.5 Å². The molecule has 0 fully saturated rings. The van der Waals surface area contributed by atoms with Crippen LogP contribution < -0.4 is 5.32 Å². The Bertz CT molecular complexity index is 643. The number of likely N-dealkylation sites (N-methyl/N-ethyl adjacent to an activating group) is 1. The minimum atomic E-state index is -0.454. The lowest BCUT2D eigenvalue weighted by atomic mass is 10.1. The zero-order valence-electron chi connectivity index (χ0n) is 12.5. The van der Waals surface area contributed by atoms with Crippen LogP contribution in [0.5, 0.6) is 0 Å². The molecule has 1 amide bonds. The molecule has 5 heteroatoms. The fraction of sp³-hybridized carbons (Fsp3) is 0.235. The predicted molar refractivity (Wildman–Crippen MR) is 82.4 cm³/mol. The van der Waals surface area contributed by atoms with E-state index in [9.17, 15) is 13.6 Å². The lowest BCUT2D eigenvalue weighted by molar-refractivity contribution is -0.120. The van der Waals surface area contributed by atoms with Gasteiger partial charge in [0.15, 0.2) is 0 Å². The highest BCUT2D eigenvalue weighted by Crippen LogP contribution is 2.13. The number of nitrogens with zero attached hydrogens (tertiary/aromatic N) is 1. The molecule has 0 spiro atoms. The quantitative estimate of drug-likeness (QED) is 0.918. The maximum absolute atomic E-state index is 13.6. The summed E-state index contributed by atoms with van der Waals surface area (Å²) in [6.07, 6.45) is 0. The van der Waals surface area contributed by atoms with Crippen LogP contribution in [-0.2, 0) is 11.3 Å². The molecule has 0 aliphatic heterocycles. The van der Waals surface area contributed by atoms with Gasteiger partial charge in [-0.3, -0.25) is 9.69 Å². The molecule has 0 bridgehead atoms. The fourth-order valence-corrected chi connectivity index (χ4v) is 2.01. The van der Waals surface area contributed by atoms with Gasteiger partial charge in [0.05, 0.1) is 6.04 Å². The molecule has 0 saturated heterocycles. The van der Waals surface area contributed by atoms with Gasteiger partial charge in [-0.1, -0.05) is 18.2 Å². The summed E-state index contributed by atoms with van der Waals surface area (Å²) >= 11 is 0. The topological polar surface area (TPSA) is 32.3 Å². The van der Waals surface area contributed by atoms with Crippen LogP contribution in [0.4, 0.5) is 14.5 Å². The van der Waals surface area contributed by atoms with Crippen molar-refractivity contribution < 1.29 is 13.6 Å². The Hall–Kier alpha value is -2.27. The average Bonchev–Trinajstić information content (AvgIpc) is 2.51. The van der Waals surface area contributed by atoms with Gasteiger partial charge in [0, 0.05) is 17.8 Å². The third kappa shape index (κ3) is 4.11. The normalized spacial score (nSPS) is 12.2. The smallest absolute Gasteiger partial charge is 0.241 e. The number of nitrogens with one attached hydrogen (secondary N) is 1. The van der Waals surface area contributed by atoms with Crippen molar-refractivity contribution in [2.24, 2.45) is 0 Å². The van der Waals surface area contributed by atoms with E-state index in [2.05, 4.69) is 5.32 Å². The summed E-state index contributed by atoms with van der Waals surface area (Å²) in [7, 11) is 1.75. The molecule has 0 radical (unpaired) electrons. The van der Waals surface area contributed by atoms with Crippen molar-refractivity contribution in [3.63, 3.8) is 0 Å². The highest BCUT2D eigenvalue weighted by Gasteiger charge is 2.19. The second-order valence-electron chi connectivity index (χ2n) is 5.18. The van der Waals surface area contributed by atoms with E-state index in [0.29, 0.717) is 17.8 Å². The summed E-state index contributed by atoms with van der Waals surface area (Å²) in [6, 6.07) is 11.6. The van der Waals surface area contributed by atoms with Crippen molar-refractivity contribution in [1.29, 1.82) is 0 Å². The van der Waals surface area contributed by atoms with Crippen LogP contribution in [0.1, 0.15) is 12.5 Å². The number of hydrogen-bond donors (Lipinski definition) is 1. The minimum absolute atomic E-state index is 0.231. The van der Waals surface area contributed by atoms with Crippen LogP contribution >= 0.6 is 0 Å². The molecule has 3 nitrogen and oxygen atoms in total. The van der Waals surface area contributed by atoms with E-state index in [-0.39, 0.29) is 17.5 Å². The zero-order chi connectivity index (χ0) is 16.1. The largest absolute Gasteiger partial charge is 0.325 e. The molecule has 1 N–H and O–H groups in total. The number of rotatable bonds is 5. The predicted octanol–water partition coefficient (Wildman–Crippen LogP) is 3.42. The first kappa shape index (κ1) is 16.1. The first-order valence-electron chi connectivity index (χ1n) is 6.97. The Morgan fingerprint density at radius 2 is 1.77 bits per heavy atom. The third-order valence-electron chi connectivity index (χ3n) is 3.53. The van der Waals surface area contributed by atoms with E-state index < -0.39 is 6.04 Å². The van der Waals surface area contributed by atoms with Gasteiger partial charge in [-0.2, -0.15) is 0 Å². The maximum atomic E-state index is 13.6. The monoisotopic (exact) mass is 304 g/mol. The highest BCUT2D eigenvalue weighted by atomic mass is 19.1. The highest BCUT2D eigenvalue weighted by molar-refractivity contribution is 5.94. The molecule has 22 heavy (non-hydrogen) atoms. The first-order chi connectivity index (χ1) is 10.5. The molecule has 2 aromatic carbocycles. The Balaban J connectivity index is 1.97. The number of hydrogen-bond acceptors (Lipinski definition) is 2. The molecular weight excluding hydrogens is 286 g/mol. The van der Waals surface area contributed by atoms with Crippen LogP contribution in [0.3, 0.4) is 0 Å². The second-order valence-corrected chi connectivity index (χ2v) is 5.18. The maximum Gasteiger partial charge on any atom is 0.241 e. The lowest BCUT2D eigenvalue weighted by Gasteiger charge is -2.24. The minimum Gasteiger partial charge on any atom is -0.325 e. The van der Waals surface area contributed by atoms with Gasteiger partial charge in [0.1, 0.15) is 11.6 Å². The molecule has 0 aliphatic carbocycles. The second kappa shape index (κ2) is 7.13. The van der Waals surface area contributed by atoms with Crippen molar-refractivity contribution in [3.05, 3.63) is 65.7 Å².